The molecule has 0 aliphatic carbocycles. The molecule has 1 aromatic heterocycles. The van der Waals surface area contributed by atoms with Crippen molar-refractivity contribution in [1.82, 2.24) is 14.9 Å². The summed E-state index contributed by atoms with van der Waals surface area (Å²) in [5, 5.41) is 3.75. The van der Waals surface area contributed by atoms with Crippen LogP contribution in [0.1, 0.15) is 12.5 Å². The van der Waals surface area contributed by atoms with Gasteiger partial charge in [0.25, 0.3) is 0 Å². The Morgan fingerprint density at radius 1 is 1.15 bits per heavy atom. The fraction of sp³-hybridized carbons (Fsp3) is 0.238. The third-order valence-electron chi connectivity index (χ3n) is 3.94. The highest BCUT2D eigenvalue weighted by atomic mass is 32.2. The smallest absolute Gasteiger partial charge is 0.230 e. The normalized spacial score (nSPS) is 10.6. The molecule has 1 N–H and O–H groups in total. The predicted octanol–water partition coefficient (Wildman–Crippen LogP) is 3.72. The van der Waals surface area contributed by atoms with Gasteiger partial charge in [0.05, 0.1) is 12.4 Å². The molecule has 0 spiro atoms. The van der Waals surface area contributed by atoms with Crippen LogP contribution in [0.5, 0.6) is 5.75 Å². The van der Waals surface area contributed by atoms with Gasteiger partial charge in [0.15, 0.2) is 5.16 Å². The van der Waals surface area contributed by atoms with Crippen LogP contribution in [0.4, 0.5) is 0 Å². The molecule has 1 heterocycles. The predicted molar refractivity (Wildman–Crippen MR) is 109 cm³/mol. The van der Waals surface area contributed by atoms with E-state index >= 15 is 0 Å². The summed E-state index contributed by atoms with van der Waals surface area (Å²) >= 11 is 1.43. The summed E-state index contributed by atoms with van der Waals surface area (Å²) in [4.78, 5) is 16.5. The number of hydrogen-bond acceptors (Lipinski definition) is 4. The minimum Gasteiger partial charge on any atom is -0.494 e. The van der Waals surface area contributed by atoms with E-state index < -0.39 is 0 Å². The molecule has 0 aliphatic heterocycles. The standard InChI is InChI=1S/C21H23N3O2S/c1-2-26-19-10-8-18(9-11-19)24-15-14-23-21(24)27-16-20(25)22-13-12-17-6-4-3-5-7-17/h3-11,14-15H,2,12-13,16H2,1H3,(H,22,25). The first-order valence-electron chi connectivity index (χ1n) is 8.96. The number of rotatable bonds is 9. The van der Waals surface area contributed by atoms with E-state index in [2.05, 4.69) is 22.4 Å². The Morgan fingerprint density at radius 3 is 2.67 bits per heavy atom. The molecule has 0 saturated heterocycles. The second-order valence-corrected chi connectivity index (χ2v) is 6.82. The molecule has 27 heavy (non-hydrogen) atoms. The molecule has 0 atom stereocenters. The van der Waals surface area contributed by atoms with Crippen LogP contribution in [0, 0.1) is 0 Å². The SMILES string of the molecule is CCOc1ccc(-n2ccnc2SCC(=O)NCCc2ccccc2)cc1. The Hall–Kier alpha value is -2.73. The summed E-state index contributed by atoms with van der Waals surface area (Å²) in [5.41, 5.74) is 2.21. The van der Waals surface area contributed by atoms with Crippen molar-refractivity contribution < 1.29 is 9.53 Å². The van der Waals surface area contributed by atoms with E-state index in [1.165, 1.54) is 17.3 Å². The Kier molecular flexibility index (Phi) is 6.93. The summed E-state index contributed by atoms with van der Waals surface area (Å²) in [7, 11) is 0. The maximum Gasteiger partial charge on any atom is 0.230 e. The van der Waals surface area contributed by atoms with Crippen LogP contribution < -0.4 is 10.1 Å². The molecule has 0 unspecified atom stereocenters. The number of carbonyl (C=O) groups excluding carboxylic acids is 1. The second-order valence-electron chi connectivity index (χ2n) is 5.88. The first-order valence-corrected chi connectivity index (χ1v) is 9.95. The highest BCUT2D eigenvalue weighted by molar-refractivity contribution is 7.99. The average Bonchev–Trinajstić information content (AvgIpc) is 3.17. The summed E-state index contributed by atoms with van der Waals surface area (Å²) in [6, 6.07) is 18.0. The van der Waals surface area contributed by atoms with E-state index in [9.17, 15) is 4.79 Å². The van der Waals surface area contributed by atoms with Gasteiger partial charge in [-0.05, 0) is 43.2 Å². The van der Waals surface area contributed by atoms with Crippen LogP contribution in [-0.4, -0.2) is 34.4 Å². The molecular weight excluding hydrogens is 358 g/mol. The van der Waals surface area contributed by atoms with Gasteiger partial charge in [-0.2, -0.15) is 0 Å². The maximum absolute atomic E-state index is 12.1. The summed E-state index contributed by atoms with van der Waals surface area (Å²) in [5.74, 6) is 1.19. The number of amides is 1. The van der Waals surface area contributed by atoms with Gasteiger partial charge in [0.1, 0.15) is 5.75 Å². The van der Waals surface area contributed by atoms with Gasteiger partial charge in [0.2, 0.25) is 5.91 Å². The molecule has 0 fully saturated rings. The topological polar surface area (TPSA) is 56.2 Å². The molecule has 140 valence electrons. The van der Waals surface area contributed by atoms with Crippen molar-refractivity contribution in [3.8, 4) is 11.4 Å². The average molecular weight is 382 g/mol. The Labute approximate surface area is 163 Å². The number of nitrogens with one attached hydrogen (secondary N) is 1. The van der Waals surface area contributed by atoms with E-state index in [0.29, 0.717) is 18.9 Å². The number of nitrogens with zero attached hydrogens (tertiary/aromatic N) is 2. The van der Waals surface area contributed by atoms with E-state index in [1.807, 2.05) is 60.2 Å². The number of benzene rings is 2. The van der Waals surface area contributed by atoms with E-state index in [1.54, 1.807) is 6.20 Å². The molecule has 0 bridgehead atoms. The van der Waals surface area contributed by atoms with Crippen LogP contribution in [0.3, 0.4) is 0 Å². The van der Waals surface area contributed by atoms with Gasteiger partial charge < -0.3 is 10.1 Å². The van der Waals surface area contributed by atoms with Crippen LogP contribution in [0.25, 0.3) is 5.69 Å². The van der Waals surface area contributed by atoms with Crippen LogP contribution in [0.2, 0.25) is 0 Å². The zero-order valence-electron chi connectivity index (χ0n) is 15.3. The van der Waals surface area contributed by atoms with Crippen molar-refractivity contribution >= 4 is 17.7 Å². The molecule has 0 radical (unpaired) electrons. The highest BCUT2D eigenvalue weighted by Crippen LogP contribution is 2.22. The Morgan fingerprint density at radius 2 is 1.93 bits per heavy atom. The first-order chi connectivity index (χ1) is 13.3. The van der Waals surface area contributed by atoms with E-state index in [4.69, 9.17) is 4.74 Å². The van der Waals surface area contributed by atoms with Crippen LogP contribution >= 0.6 is 11.8 Å². The number of carbonyl (C=O) groups is 1. The van der Waals surface area contributed by atoms with Crippen LogP contribution in [-0.2, 0) is 11.2 Å². The lowest BCUT2D eigenvalue weighted by Crippen LogP contribution is -2.27. The number of aromatic nitrogens is 2. The van der Waals surface area contributed by atoms with Gasteiger partial charge in [-0.25, -0.2) is 4.98 Å². The number of imidazole rings is 1. The number of ether oxygens (including phenoxy) is 1. The molecule has 1 amide bonds. The summed E-state index contributed by atoms with van der Waals surface area (Å²) in [6.45, 7) is 3.24. The number of hydrogen-bond donors (Lipinski definition) is 1. The summed E-state index contributed by atoms with van der Waals surface area (Å²) in [6.07, 6.45) is 4.47. The molecule has 3 rings (SSSR count). The second kappa shape index (κ2) is 9.83. The molecule has 0 saturated carbocycles. The monoisotopic (exact) mass is 381 g/mol. The molecule has 6 heteroatoms. The van der Waals surface area contributed by atoms with Crippen molar-refractivity contribution in [1.29, 1.82) is 0 Å². The van der Waals surface area contributed by atoms with Gasteiger partial charge in [-0.15, -0.1) is 0 Å². The Bertz CT molecular complexity index is 847. The molecule has 0 aliphatic rings. The van der Waals surface area contributed by atoms with E-state index in [-0.39, 0.29) is 5.91 Å². The highest BCUT2D eigenvalue weighted by Gasteiger charge is 2.09. The third-order valence-corrected chi connectivity index (χ3v) is 4.91. The minimum absolute atomic E-state index is 0.0113. The zero-order valence-corrected chi connectivity index (χ0v) is 16.1. The lowest BCUT2D eigenvalue weighted by atomic mass is 10.1. The number of thioether (sulfide) groups is 1. The lowest BCUT2D eigenvalue weighted by molar-refractivity contribution is -0.118. The maximum atomic E-state index is 12.1. The summed E-state index contributed by atoms with van der Waals surface area (Å²) < 4.78 is 7.44. The van der Waals surface area contributed by atoms with Gasteiger partial charge in [-0.3, -0.25) is 9.36 Å². The van der Waals surface area contributed by atoms with Crippen molar-refractivity contribution in [2.45, 2.75) is 18.5 Å². The lowest BCUT2D eigenvalue weighted by Gasteiger charge is -2.09. The molecule has 5 nitrogen and oxygen atoms in total. The van der Waals surface area contributed by atoms with Crippen molar-refractivity contribution in [3.63, 3.8) is 0 Å². The Balaban J connectivity index is 1.50. The molecule has 2 aromatic carbocycles. The van der Waals surface area contributed by atoms with Crippen molar-refractivity contribution in [3.05, 3.63) is 72.6 Å². The van der Waals surface area contributed by atoms with E-state index in [0.717, 1.165) is 23.0 Å². The molecular formula is C21H23N3O2S. The van der Waals surface area contributed by atoms with Crippen molar-refractivity contribution in [2.24, 2.45) is 0 Å². The fourth-order valence-corrected chi connectivity index (χ4v) is 3.44. The quantitative estimate of drug-likeness (QED) is 0.574. The van der Waals surface area contributed by atoms with Crippen molar-refractivity contribution in [2.75, 3.05) is 18.9 Å². The van der Waals surface area contributed by atoms with Gasteiger partial charge in [-0.1, -0.05) is 42.1 Å². The zero-order chi connectivity index (χ0) is 18.9. The first kappa shape index (κ1) is 19.0. The molecule has 3 aromatic rings. The largest absolute Gasteiger partial charge is 0.494 e. The van der Waals surface area contributed by atoms with Gasteiger partial charge in [0, 0.05) is 24.6 Å². The van der Waals surface area contributed by atoms with Gasteiger partial charge >= 0.3 is 0 Å². The third kappa shape index (κ3) is 5.62. The van der Waals surface area contributed by atoms with Crippen LogP contribution in [0.15, 0.2) is 72.1 Å². The minimum atomic E-state index is 0.0113. The fourth-order valence-electron chi connectivity index (χ4n) is 2.63.